The molecule has 2 aromatic rings. The molecular formula is C17H20FN3O2. The molecule has 1 atom stereocenters. The Morgan fingerprint density at radius 3 is 2.87 bits per heavy atom. The van der Waals surface area contributed by atoms with Crippen LogP contribution < -0.4 is 0 Å². The number of carbonyl (C=O) groups is 1. The van der Waals surface area contributed by atoms with E-state index < -0.39 is 0 Å². The van der Waals surface area contributed by atoms with Gasteiger partial charge in [0.05, 0.1) is 0 Å². The second-order valence-corrected chi connectivity index (χ2v) is 5.95. The highest BCUT2D eigenvalue weighted by Gasteiger charge is 2.23. The maximum Gasteiger partial charge on any atom is 0.227 e. The molecule has 2 heterocycles. The number of amides is 1. The Morgan fingerprint density at radius 2 is 2.13 bits per heavy atom. The number of benzene rings is 1. The van der Waals surface area contributed by atoms with Crippen molar-refractivity contribution in [2.75, 3.05) is 6.54 Å². The third kappa shape index (κ3) is 3.75. The monoisotopic (exact) mass is 317 g/mol. The summed E-state index contributed by atoms with van der Waals surface area (Å²) in [7, 11) is 0. The van der Waals surface area contributed by atoms with E-state index >= 15 is 0 Å². The molecule has 1 fully saturated rings. The quantitative estimate of drug-likeness (QED) is 0.869. The van der Waals surface area contributed by atoms with Crippen LogP contribution in [-0.4, -0.2) is 33.5 Å². The molecule has 0 bridgehead atoms. The minimum absolute atomic E-state index is 0.138. The van der Waals surface area contributed by atoms with E-state index in [1.165, 1.54) is 18.6 Å². The summed E-state index contributed by atoms with van der Waals surface area (Å²) >= 11 is 0. The van der Waals surface area contributed by atoms with Gasteiger partial charge in [0.2, 0.25) is 17.6 Å². The summed E-state index contributed by atoms with van der Waals surface area (Å²) in [6.07, 6.45) is 4.13. The topological polar surface area (TPSA) is 59.2 Å². The lowest BCUT2D eigenvalue weighted by Gasteiger charge is -2.33. The molecule has 23 heavy (non-hydrogen) atoms. The maximum atomic E-state index is 12.9. The Kier molecular flexibility index (Phi) is 4.69. The van der Waals surface area contributed by atoms with Crippen molar-refractivity contribution in [1.29, 1.82) is 0 Å². The van der Waals surface area contributed by atoms with Crippen molar-refractivity contribution < 1.29 is 13.7 Å². The molecule has 1 aliphatic heterocycles. The molecule has 1 aromatic heterocycles. The van der Waals surface area contributed by atoms with Crippen molar-refractivity contribution in [3.63, 3.8) is 0 Å². The summed E-state index contributed by atoms with van der Waals surface area (Å²) in [4.78, 5) is 18.5. The van der Waals surface area contributed by atoms with Crippen LogP contribution in [0.4, 0.5) is 4.39 Å². The molecule has 0 radical (unpaired) electrons. The minimum Gasteiger partial charge on any atom is -0.340 e. The van der Waals surface area contributed by atoms with Gasteiger partial charge in [-0.2, -0.15) is 4.98 Å². The zero-order valence-corrected chi connectivity index (χ0v) is 13.2. The summed E-state index contributed by atoms with van der Waals surface area (Å²) in [5.74, 6) is 0.679. The van der Waals surface area contributed by atoms with Crippen molar-refractivity contribution in [2.24, 2.45) is 0 Å². The number of halogens is 1. The summed E-state index contributed by atoms with van der Waals surface area (Å²) in [5, 5.41) is 3.89. The molecular weight excluding hydrogens is 297 g/mol. The molecule has 1 amide bonds. The summed E-state index contributed by atoms with van der Waals surface area (Å²) in [6.45, 7) is 2.93. The SMILES string of the molecule is C[C@H]1CCCCN1C(=O)CCc1nc(-c2ccc(F)cc2)no1. The van der Waals surface area contributed by atoms with Gasteiger partial charge in [0, 0.05) is 31.0 Å². The van der Waals surface area contributed by atoms with Crippen LogP contribution in [0.2, 0.25) is 0 Å². The van der Waals surface area contributed by atoms with E-state index in [9.17, 15) is 9.18 Å². The molecule has 6 heteroatoms. The first-order valence-corrected chi connectivity index (χ1v) is 8.01. The van der Waals surface area contributed by atoms with E-state index in [4.69, 9.17) is 4.52 Å². The lowest BCUT2D eigenvalue weighted by molar-refractivity contribution is -0.134. The summed E-state index contributed by atoms with van der Waals surface area (Å²) in [6, 6.07) is 6.22. The molecule has 1 saturated heterocycles. The maximum absolute atomic E-state index is 12.9. The van der Waals surface area contributed by atoms with Crippen molar-refractivity contribution in [3.05, 3.63) is 36.0 Å². The third-order valence-electron chi connectivity index (χ3n) is 4.25. The van der Waals surface area contributed by atoms with Gasteiger partial charge in [-0.05, 0) is 50.5 Å². The minimum atomic E-state index is -0.307. The fraction of sp³-hybridized carbons (Fsp3) is 0.471. The van der Waals surface area contributed by atoms with Crippen LogP contribution in [-0.2, 0) is 11.2 Å². The average Bonchev–Trinajstić information content (AvgIpc) is 3.03. The Balaban J connectivity index is 1.58. The van der Waals surface area contributed by atoms with Gasteiger partial charge in [-0.3, -0.25) is 4.79 Å². The van der Waals surface area contributed by atoms with Crippen LogP contribution in [0, 0.1) is 5.82 Å². The fourth-order valence-electron chi connectivity index (χ4n) is 2.90. The van der Waals surface area contributed by atoms with Gasteiger partial charge in [0.25, 0.3) is 0 Å². The van der Waals surface area contributed by atoms with Crippen molar-refractivity contribution in [2.45, 2.75) is 45.1 Å². The van der Waals surface area contributed by atoms with Gasteiger partial charge in [-0.25, -0.2) is 4.39 Å². The van der Waals surface area contributed by atoms with Gasteiger partial charge in [0.1, 0.15) is 5.82 Å². The van der Waals surface area contributed by atoms with Crippen LogP contribution in [0.15, 0.2) is 28.8 Å². The number of rotatable bonds is 4. The lowest BCUT2D eigenvalue weighted by atomic mass is 10.0. The van der Waals surface area contributed by atoms with Gasteiger partial charge < -0.3 is 9.42 Å². The third-order valence-corrected chi connectivity index (χ3v) is 4.25. The molecule has 0 N–H and O–H groups in total. The second kappa shape index (κ2) is 6.89. The molecule has 1 aliphatic rings. The van der Waals surface area contributed by atoms with E-state index in [1.54, 1.807) is 12.1 Å². The van der Waals surface area contributed by atoms with E-state index in [0.29, 0.717) is 36.2 Å². The second-order valence-electron chi connectivity index (χ2n) is 5.95. The molecule has 1 aromatic carbocycles. The Bertz CT molecular complexity index is 669. The van der Waals surface area contributed by atoms with Crippen LogP contribution in [0.1, 0.15) is 38.5 Å². The average molecular weight is 317 g/mol. The fourth-order valence-corrected chi connectivity index (χ4v) is 2.90. The number of likely N-dealkylation sites (tertiary alicyclic amines) is 1. The highest BCUT2D eigenvalue weighted by Crippen LogP contribution is 2.19. The van der Waals surface area contributed by atoms with E-state index in [1.807, 2.05) is 4.90 Å². The highest BCUT2D eigenvalue weighted by atomic mass is 19.1. The number of hydrogen-bond donors (Lipinski definition) is 0. The summed E-state index contributed by atoms with van der Waals surface area (Å²) < 4.78 is 18.1. The standard InChI is InChI=1S/C17H20FN3O2/c1-12-4-2-3-11-21(12)16(22)10-9-15-19-17(20-23-15)13-5-7-14(18)8-6-13/h5-8,12H,2-4,9-11H2,1H3/t12-/m0/s1. The largest absolute Gasteiger partial charge is 0.340 e. The highest BCUT2D eigenvalue weighted by molar-refractivity contribution is 5.76. The van der Waals surface area contributed by atoms with E-state index in [0.717, 1.165) is 19.4 Å². The van der Waals surface area contributed by atoms with Crippen molar-refractivity contribution in [3.8, 4) is 11.4 Å². The molecule has 0 spiro atoms. The van der Waals surface area contributed by atoms with Gasteiger partial charge >= 0.3 is 0 Å². The van der Waals surface area contributed by atoms with Crippen LogP contribution in [0.3, 0.4) is 0 Å². The first kappa shape index (κ1) is 15.6. The van der Waals surface area contributed by atoms with Crippen molar-refractivity contribution in [1.82, 2.24) is 15.0 Å². The first-order valence-electron chi connectivity index (χ1n) is 8.01. The van der Waals surface area contributed by atoms with Gasteiger partial charge in [0.15, 0.2) is 0 Å². The normalized spacial score (nSPS) is 18.2. The van der Waals surface area contributed by atoms with Crippen LogP contribution >= 0.6 is 0 Å². The number of aryl methyl sites for hydroxylation is 1. The first-order chi connectivity index (χ1) is 11.1. The lowest BCUT2D eigenvalue weighted by Crippen LogP contribution is -2.42. The van der Waals surface area contributed by atoms with Gasteiger partial charge in [-0.1, -0.05) is 5.16 Å². The predicted octanol–water partition coefficient (Wildman–Crippen LogP) is 3.21. The Hall–Kier alpha value is -2.24. The molecule has 0 aliphatic carbocycles. The summed E-state index contributed by atoms with van der Waals surface area (Å²) in [5.41, 5.74) is 0.692. The van der Waals surface area contributed by atoms with Crippen molar-refractivity contribution >= 4 is 5.91 Å². The number of carbonyl (C=O) groups excluding carboxylic acids is 1. The molecule has 0 saturated carbocycles. The molecule has 3 rings (SSSR count). The predicted molar refractivity (Wildman–Crippen MR) is 83.0 cm³/mol. The van der Waals surface area contributed by atoms with Gasteiger partial charge in [-0.15, -0.1) is 0 Å². The number of hydrogen-bond acceptors (Lipinski definition) is 4. The Morgan fingerprint density at radius 1 is 1.35 bits per heavy atom. The van der Waals surface area contributed by atoms with E-state index in [-0.39, 0.29) is 11.7 Å². The Labute approximate surface area is 134 Å². The number of nitrogens with zero attached hydrogens (tertiary/aromatic N) is 3. The van der Waals surface area contributed by atoms with Crippen LogP contribution in [0.25, 0.3) is 11.4 Å². The zero-order valence-electron chi connectivity index (χ0n) is 13.2. The van der Waals surface area contributed by atoms with Crippen LogP contribution in [0.5, 0.6) is 0 Å². The molecule has 0 unspecified atom stereocenters. The molecule has 122 valence electrons. The van der Waals surface area contributed by atoms with E-state index in [2.05, 4.69) is 17.1 Å². The number of piperidine rings is 1. The number of aromatic nitrogens is 2. The molecule has 5 nitrogen and oxygen atoms in total. The zero-order chi connectivity index (χ0) is 16.2. The smallest absolute Gasteiger partial charge is 0.227 e.